The van der Waals surface area contributed by atoms with Crippen molar-refractivity contribution >= 4 is 11.7 Å². The van der Waals surface area contributed by atoms with Gasteiger partial charge in [-0.1, -0.05) is 0 Å². The van der Waals surface area contributed by atoms with E-state index in [1.165, 1.54) is 0 Å². The first-order chi connectivity index (χ1) is 9.11. The van der Waals surface area contributed by atoms with E-state index in [0.29, 0.717) is 18.2 Å². The molecule has 0 unspecified atom stereocenters. The molecule has 2 aromatic rings. The van der Waals surface area contributed by atoms with Crippen molar-refractivity contribution in [3.63, 3.8) is 0 Å². The zero-order chi connectivity index (χ0) is 13.8. The molecule has 2 heterocycles. The van der Waals surface area contributed by atoms with E-state index in [2.05, 4.69) is 10.4 Å². The largest absolute Gasteiger partial charge is 0.453 e. The van der Waals surface area contributed by atoms with Gasteiger partial charge in [0.1, 0.15) is 18.2 Å². The molecule has 0 atom stereocenters. The average molecular weight is 263 g/mol. The SMILES string of the molecule is COCc1ccc(C(=O)Nc2ccnn2C(C)C)o1. The second kappa shape index (κ2) is 5.71. The van der Waals surface area contributed by atoms with Crippen LogP contribution in [0, 0.1) is 0 Å². The number of carbonyl (C=O) groups is 1. The first kappa shape index (κ1) is 13.4. The minimum atomic E-state index is -0.301. The molecular formula is C13H17N3O3. The maximum absolute atomic E-state index is 12.0. The monoisotopic (exact) mass is 263 g/mol. The molecule has 0 radical (unpaired) electrons. The van der Waals surface area contributed by atoms with Crippen molar-refractivity contribution in [2.45, 2.75) is 26.5 Å². The summed E-state index contributed by atoms with van der Waals surface area (Å²) >= 11 is 0. The topological polar surface area (TPSA) is 69.3 Å². The Bertz CT molecular complexity index is 557. The third kappa shape index (κ3) is 3.03. The van der Waals surface area contributed by atoms with Crippen molar-refractivity contribution in [3.8, 4) is 0 Å². The Morgan fingerprint density at radius 3 is 2.95 bits per heavy atom. The molecule has 102 valence electrons. The minimum absolute atomic E-state index is 0.172. The van der Waals surface area contributed by atoms with E-state index in [1.54, 1.807) is 36.2 Å². The van der Waals surface area contributed by atoms with Crippen molar-refractivity contribution in [2.24, 2.45) is 0 Å². The molecule has 6 nitrogen and oxygen atoms in total. The highest BCUT2D eigenvalue weighted by Gasteiger charge is 2.14. The lowest BCUT2D eigenvalue weighted by Crippen LogP contribution is -2.16. The summed E-state index contributed by atoms with van der Waals surface area (Å²) in [4.78, 5) is 12.0. The van der Waals surface area contributed by atoms with E-state index < -0.39 is 0 Å². The number of nitrogens with zero attached hydrogens (tertiary/aromatic N) is 2. The molecule has 6 heteroatoms. The van der Waals surface area contributed by atoms with Gasteiger partial charge in [-0.25, -0.2) is 4.68 Å². The van der Waals surface area contributed by atoms with Crippen LogP contribution in [0.2, 0.25) is 0 Å². The Kier molecular flexibility index (Phi) is 4.01. The minimum Gasteiger partial charge on any atom is -0.453 e. The highest BCUT2D eigenvalue weighted by atomic mass is 16.5. The molecule has 0 saturated carbocycles. The van der Waals surface area contributed by atoms with Gasteiger partial charge in [0, 0.05) is 19.2 Å². The predicted octanol–water partition coefficient (Wildman–Crippen LogP) is 2.46. The number of aromatic nitrogens is 2. The van der Waals surface area contributed by atoms with Crippen molar-refractivity contribution in [3.05, 3.63) is 35.9 Å². The quantitative estimate of drug-likeness (QED) is 0.899. The summed E-state index contributed by atoms with van der Waals surface area (Å²) in [5, 5.41) is 6.92. The second-order valence-corrected chi connectivity index (χ2v) is 4.41. The van der Waals surface area contributed by atoms with E-state index in [-0.39, 0.29) is 17.7 Å². The van der Waals surface area contributed by atoms with Crippen LogP contribution in [-0.4, -0.2) is 22.8 Å². The van der Waals surface area contributed by atoms with Gasteiger partial charge in [0.15, 0.2) is 5.76 Å². The van der Waals surface area contributed by atoms with Crippen LogP contribution in [0.4, 0.5) is 5.82 Å². The highest BCUT2D eigenvalue weighted by Crippen LogP contribution is 2.15. The number of ether oxygens (including phenoxy) is 1. The number of carbonyl (C=O) groups excluding carboxylic acids is 1. The molecule has 2 aromatic heterocycles. The van der Waals surface area contributed by atoms with Crippen LogP contribution in [0.25, 0.3) is 0 Å². The summed E-state index contributed by atoms with van der Waals surface area (Å²) in [5.74, 6) is 1.21. The third-order valence-corrected chi connectivity index (χ3v) is 2.57. The molecule has 0 aliphatic heterocycles. The Balaban J connectivity index is 2.09. The number of nitrogens with one attached hydrogen (secondary N) is 1. The Labute approximate surface area is 111 Å². The third-order valence-electron chi connectivity index (χ3n) is 2.57. The smallest absolute Gasteiger partial charge is 0.292 e. The number of rotatable bonds is 5. The van der Waals surface area contributed by atoms with E-state index in [0.717, 1.165) is 0 Å². The molecule has 1 N–H and O–H groups in total. The standard InChI is InChI=1S/C13H17N3O3/c1-9(2)16-12(6-7-14-16)15-13(17)11-5-4-10(19-11)8-18-3/h4-7,9H,8H2,1-3H3,(H,15,17). The van der Waals surface area contributed by atoms with Crippen LogP contribution < -0.4 is 5.32 Å². The fourth-order valence-corrected chi connectivity index (χ4v) is 1.72. The molecule has 0 spiro atoms. The van der Waals surface area contributed by atoms with E-state index >= 15 is 0 Å². The van der Waals surface area contributed by atoms with Gasteiger partial charge in [0.05, 0.1) is 6.20 Å². The van der Waals surface area contributed by atoms with Crippen molar-refractivity contribution in [2.75, 3.05) is 12.4 Å². The zero-order valence-corrected chi connectivity index (χ0v) is 11.2. The lowest BCUT2D eigenvalue weighted by Gasteiger charge is -2.10. The molecular weight excluding hydrogens is 246 g/mol. The normalized spacial score (nSPS) is 10.9. The number of hydrogen-bond donors (Lipinski definition) is 1. The number of methoxy groups -OCH3 is 1. The summed E-state index contributed by atoms with van der Waals surface area (Å²) in [5.41, 5.74) is 0. The van der Waals surface area contributed by atoms with Crippen LogP contribution in [-0.2, 0) is 11.3 Å². The number of furan rings is 1. The van der Waals surface area contributed by atoms with Gasteiger partial charge in [-0.15, -0.1) is 0 Å². The van der Waals surface area contributed by atoms with E-state index in [1.807, 2.05) is 13.8 Å². The van der Waals surface area contributed by atoms with E-state index in [9.17, 15) is 4.79 Å². The van der Waals surface area contributed by atoms with Gasteiger partial charge < -0.3 is 14.5 Å². The van der Waals surface area contributed by atoms with Gasteiger partial charge in [0.2, 0.25) is 0 Å². The zero-order valence-electron chi connectivity index (χ0n) is 11.2. The van der Waals surface area contributed by atoms with Crippen molar-refractivity contribution < 1.29 is 13.9 Å². The fourth-order valence-electron chi connectivity index (χ4n) is 1.72. The first-order valence-corrected chi connectivity index (χ1v) is 6.04. The molecule has 0 aliphatic carbocycles. The maximum Gasteiger partial charge on any atom is 0.292 e. The molecule has 0 aliphatic rings. The van der Waals surface area contributed by atoms with Crippen LogP contribution in [0.1, 0.15) is 36.2 Å². The van der Waals surface area contributed by atoms with Gasteiger partial charge in [0.25, 0.3) is 5.91 Å². The average Bonchev–Trinajstić information content (AvgIpc) is 2.98. The van der Waals surface area contributed by atoms with E-state index in [4.69, 9.17) is 9.15 Å². The molecule has 1 amide bonds. The summed E-state index contributed by atoms with van der Waals surface area (Å²) < 4.78 is 12.0. The summed E-state index contributed by atoms with van der Waals surface area (Å²) in [6.07, 6.45) is 1.65. The molecule has 19 heavy (non-hydrogen) atoms. The van der Waals surface area contributed by atoms with Crippen LogP contribution in [0.5, 0.6) is 0 Å². The summed E-state index contributed by atoms with van der Waals surface area (Å²) in [6, 6.07) is 5.26. The van der Waals surface area contributed by atoms with Crippen LogP contribution >= 0.6 is 0 Å². The fraction of sp³-hybridized carbons (Fsp3) is 0.385. The Morgan fingerprint density at radius 1 is 1.47 bits per heavy atom. The molecule has 0 fully saturated rings. The lowest BCUT2D eigenvalue weighted by atomic mass is 10.4. The molecule has 0 saturated heterocycles. The van der Waals surface area contributed by atoms with Gasteiger partial charge >= 0.3 is 0 Å². The Morgan fingerprint density at radius 2 is 2.26 bits per heavy atom. The van der Waals surface area contributed by atoms with Crippen molar-refractivity contribution in [1.29, 1.82) is 0 Å². The molecule has 0 bridgehead atoms. The molecule has 0 aromatic carbocycles. The lowest BCUT2D eigenvalue weighted by molar-refractivity contribution is 0.0986. The summed E-state index contributed by atoms with van der Waals surface area (Å²) in [7, 11) is 1.57. The van der Waals surface area contributed by atoms with Crippen LogP contribution in [0.15, 0.2) is 28.8 Å². The predicted molar refractivity (Wildman–Crippen MR) is 70.0 cm³/mol. The molecule has 2 rings (SSSR count). The first-order valence-electron chi connectivity index (χ1n) is 6.04. The Hall–Kier alpha value is -2.08. The highest BCUT2D eigenvalue weighted by molar-refractivity contribution is 6.01. The van der Waals surface area contributed by atoms with Gasteiger partial charge in [-0.2, -0.15) is 5.10 Å². The second-order valence-electron chi connectivity index (χ2n) is 4.41. The number of amides is 1. The summed E-state index contributed by atoms with van der Waals surface area (Å²) in [6.45, 7) is 4.33. The number of anilines is 1. The van der Waals surface area contributed by atoms with Gasteiger partial charge in [-0.05, 0) is 26.0 Å². The van der Waals surface area contributed by atoms with Crippen LogP contribution in [0.3, 0.4) is 0 Å². The van der Waals surface area contributed by atoms with Crippen molar-refractivity contribution in [1.82, 2.24) is 9.78 Å². The maximum atomic E-state index is 12.0. The van der Waals surface area contributed by atoms with Gasteiger partial charge in [-0.3, -0.25) is 4.79 Å². The number of hydrogen-bond acceptors (Lipinski definition) is 4.